The molecule has 0 radical (unpaired) electrons. The van der Waals surface area contributed by atoms with Crippen LogP contribution in [0.2, 0.25) is 0 Å². The van der Waals surface area contributed by atoms with Gasteiger partial charge in [-0.05, 0) is 29.7 Å². The van der Waals surface area contributed by atoms with Crippen LogP contribution in [0.1, 0.15) is 23.6 Å². The van der Waals surface area contributed by atoms with Gasteiger partial charge in [-0.25, -0.2) is 0 Å². The van der Waals surface area contributed by atoms with Crippen LogP contribution < -0.4 is 4.74 Å². The zero-order valence-electron chi connectivity index (χ0n) is 10.6. The fourth-order valence-corrected chi connectivity index (χ4v) is 1.78. The van der Waals surface area contributed by atoms with Crippen molar-refractivity contribution in [3.63, 3.8) is 0 Å². The summed E-state index contributed by atoms with van der Waals surface area (Å²) in [6.45, 7) is -1.17. The van der Waals surface area contributed by atoms with Crippen LogP contribution >= 0.6 is 0 Å². The Bertz CT molecular complexity index is 509. The molecule has 19 heavy (non-hydrogen) atoms. The number of rotatable bonds is 5. The number of carbonyl (C=O) groups is 1. The first-order valence-electron chi connectivity index (χ1n) is 5.59. The molecule has 0 fully saturated rings. The highest BCUT2D eigenvalue weighted by atomic mass is 19.3. The molecule has 0 N–H and O–H groups in total. The summed E-state index contributed by atoms with van der Waals surface area (Å²) in [5.74, 6) is -0.643. The number of hydrogen-bond donors (Lipinski definition) is 0. The molecule has 0 atom stereocenters. The lowest BCUT2D eigenvalue weighted by atomic mass is 9.97. The lowest BCUT2D eigenvalue weighted by Crippen LogP contribution is -2.09. The minimum absolute atomic E-state index is 0.0885. The highest BCUT2D eigenvalue weighted by Crippen LogP contribution is 2.25. The van der Waals surface area contributed by atoms with Gasteiger partial charge in [0.2, 0.25) is 0 Å². The summed E-state index contributed by atoms with van der Waals surface area (Å²) in [5, 5.41) is 9.01. The Morgan fingerprint density at radius 2 is 2.16 bits per heavy atom. The number of nitrogens with zero attached hydrogens (tertiary/aromatic N) is 1. The van der Waals surface area contributed by atoms with Crippen molar-refractivity contribution in [3.8, 4) is 11.8 Å². The van der Waals surface area contributed by atoms with Crippen LogP contribution in [0, 0.1) is 11.3 Å². The Morgan fingerprint density at radius 1 is 1.47 bits per heavy atom. The third-order valence-electron chi connectivity index (χ3n) is 2.58. The van der Waals surface area contributed by atoms with Gasteiger partial charge in [0.25, 0.3) is 0 Å². The van der Waals surface area contributed by atoms with Crippen LogP contribution in [0.5, 0.6) is 5.75 Å². The van der Waals surface area contributed by atoms with Crippen molar-refractivity contribution in [3.05, 3.63) is 28.8 Å². The van der Waals surface area contributed by atoms with E-state index in [4.69, 9.17) is 5.26 Å². The summed E-state index contributed by atoms with van der Waals surface area (Å²) in [7, 11) is 1.23. The van der Waals surface area contributed by atoms with E-state index in [0.717, 1.165) is 0 Å². The zero-order valence-corrected chi connectivity index (χ0v) is 10.6. The molecule has 0 aliphatic rings. The molecule has 0 aromatic heterocycles. The van der Waals surface area contributed by atoms with Crippen molar-refractivity contribution in [1.82, 2.24) is 0 Å². The van der Waals surface area contributed by atoms with Gasteiger partial charge in [0, 0.05) is 0 Å². The van der Waals surface area contributed by atoms with Crippen LogP contribution in [0.4, 0.5) is 8.78 Å². The van der Waals surface area contributed by atoms with Gasteiger partial charge in [0.1, 0.15) is 5.75 Å². The maximum Gasteiger partial charge on any atom is 0.387 e. The van der Waals surface area contributed by atoms with E-state index < -0.39 is 12.6 Å². The first-order chi connectivity index (χ1) is 9.01. The average Bonchev–Trinajstić information content (AvgIpc) is 2.37. The molecular weight excluding hydrogens is 256 g/mol. The van der Waals surface area contributed by atoms with E-state index in [1.807, 2.05) is 13.0 Å². The molecule has 0 amide bonds. The summed E-state index contributed by atoms with van der Waals surface area (Å²) < 4.78 is 33.2. The van der Waals surface area contributed by atoms with Crippen LogP contribution in [0.15, 0.2) is 12.1 Å². The molecule has 0 unspecified atom stereocenters. The number of ether oxygens (including phenoxy) is 2. The number of hydrogen-bond acceptors (Lipinski definition) is 4. The molecule has 0 aliphatic carbocycles. The molecule has 0 saturated heterocycles. The third kappa shape index (κ3) is 3.91. The van der Waals surface area contributed by atoms with Gasteiger partial charge in [-0.2, -0.15) is 14.0 Å². The lowest BCUT2D eigenvalue weighted by molar-refractivity contribution is -0.139. The topological polar surface area (TPSA) is 59.3 Å². The lowest BCUT2D eigenvalue weighted by Gasteiger charge is -2.12. The van der Waals surface area contributed by atoms with Crippen molar-refractivity contribution in [2.24, 2.45) is 0 Å². The molecule has 0 aliphatic heterocycles. The number of alkyl halides is 2. The molecule has 0 spiro atoms. The largest absolute Gasteiger partial charge is 0.469 e. The zero-order chi connectivity index (χ0) is 14.4. The van der Waals surface area contributed by atoms with E-state index in [1.165, 1.54) is 19.2 Å². The normalized spacial score (nSPS) is 10.1. The van der Waals surface area contributed by atoms with Gasteiger partial charge in [-0.1, -0.05) is 6.92 Å². The fourth-order valence-electron chi connectivity index (χ4n) is 1.78. The van der Waals surface area contributed by atoms with Gasteiger partial charge < -0.3 is 9.47 Å². The summed E-state index contributed by atoms with van der Waals surface area (Å²) in [4.78, 5) is 11.3. The molecule has 1 aromatic rings. The van der Waals surface area contributed by atoms with Gasteiger partial charge in [0.05, 0.1) is 25.2 Å². The highest BCUT2D eigenvalue weighted by Gasteiger charge is 2.15. The molecule has 102 valence electrons. The molecule has 0 heterocycles. The van der Waals surface area contributed by atoms with Crippen LogP contribution in [-0.4, -0.2) is 19.7 Å². The van der Waals surface area contributed by atoms with Crippen LogP contribution in [-0.2, 0) is 22.4 Å². The summed E-state index contributed by atoms with van der Waals surface area (Å²) >= 11 is 0. The molecule has 1 rings (SSSR count). The Morgan fingerprint density at radius 3 is 2.63 bits per heavy atom. The number of nitriles is 1. The minimum atomic E-state index is -2.98. The quantitative estimate of drug-likeness (QED) is 0.770. The van der Waals surface area contributed by atoms with Crippen molar-refractivity contribution in [2.45, 2.75) is 26.4 Å². The molecule has 0 saturated carbocycles. The summed E-state index contributed by atoms with van der Waals surface area (Å²) in [6.07, 6.45) is 0.416. The summed E-state index contributed by atoms with van der Waals surface area (Å²) in [6, 6.07) is 4.49. The van der Waals surface area contributed by atoms with Gasteiger partial charge in [-0.15, -0.1) is 0 Å². The summed E-state index contributed by atoms with van der Waals surface area (Å²) in [5.41, 5.74) is 1.32. The Labute approximate surface area is 109 Å². The van der Waals surface area contributed by atoms with Gasteiger partial charge in [0.15, 0.2) is 0 Å². The average molecular weight is 269 g/mol. The minimum Gasteiger partial charge on any atom is -0.469 e. The van der Waals surface area contributed by atoms with E-state index >= 15 is 0 Å². The third-order valence-corrected chi connectivity index (χ3v) is 2.58. The number of benzene rings is 1. The number of methoxy groups -OCH3 is 1. The van der Waals surface area contributed by atoms with Crippen LogP contribution in [0.25, 0.3) is 0 Å². The second-order valence-corrected chi connectivity index (χ2v) is 3.71. The fraction of sp³-hybridized carbons (Fsp3) is 0.385. The molecule has 6 heteroatoms. The second kappa shape index (κ2) is 6.69. The van der Waals surface area contributed by atoms with Crippen LogP contribution in [0.3, 0.4) is 0 Å². The SMILES string of the molecule is CCc1c(C#N)cc(OC(F)F)cc1CC(=O)OC. The Kier molecular flexibility index (Phi) is 5.24. The van der Waals surface area contributed by atoms with Crippen molar-refractivity contribution < 1.29 is 23.0 Å². The van der Waals surface area contributed by atoms with E-state index in [1.54, 1.807) is 0 Å². The van der Waals surface area contributed by atoms with E-state index in [2.05, 4.69) is 9.47 Å². The van der Waals surface area contributed by atoms with Crippen molar-refractivity contribution in [1.29, 1.82) is 5.26 Å². The number of esters is 1. The van der Waals surface area contributed by atoms with Crippen molar-refractivity contribution in [2.75, 3.05) is 7.11 Å². The smallest absolute Gasteiger partial charge is 0.387 e. The second-order valence-electron chi connectivity index (χ2n) is 3.71. The maximum atomic E-state index is 12.2. The standard InChI is InChI=1S/C13H13F2NO3/c1-3-11-8(6-12(17)18-2)4-10(19-13(14)15)5-9(11)7-16/h4-5,13H,3,6H2,1-2H3. The molecule has 4 nitrogen and oxygen atoms in total. The maximum absolute atomic E-state index is 12.2. The first-order valence-corrected chi connectivity index (χ1v) is 5.59. The van der Waals surface area contributed by atoms with Crippen molar-refractivity contribution >= 4 is 5.97 Å². The van der Waals surface area contributed by atoms with E-state index in [0.29, 0.717) is 17.5 Å². The molecule has 1 aromatic carbocycles. The first kappa shape index (κ1) is 14.9. The monoisotopic (exact) mass is 269 g/mol. The molecular formula is C13H13F2NO3. The van der Waals surface area contributed by atoms with Gasteiger partial charge >= 0.3 is 12.6 Å². The highest BCUT2D eigenvalue weighted by molar-refractivity contribution is 5.73. The predicted octanol–water partition coefficient (Wildman–Crippen LogP) is 2.44. The van der Waals surface area contributed by atoms with E-state index in [-0.39, 0.29) is 17.7 Å². The number of halogens is 2. The van der Waals surface area contributed by atoms with Gasteiger partial charge in [-0.3, -0.25) is 4.79 Å². The molecule has 0 bridgehead atoms. The van der Waals surface area contributed by atoms with E-state index in [9.17, 15) is 13.6 Å². The number of carbonyl (C=O) groups excluding carboxylic acids is 1. The Hall–Kier alpha value is -2.16. The Balaban J connectivity index is 3.24. The predicted molar refractivity (Wildman–Crippen MR) is 62.9 cm³/mol.